The predicted molar refractivity (Wildman–Crippen MR) is 79.0 cm³/mol. The molecule has 2 aliphatic rings. The first kappa shape index (κ1) is 12.8. The zero-order valence-electron chi connectivity index (χ0n) is 11.8. The second kappa shape index (κ2) is 5.83. The van der Waals surface area contributed by atoms with Crippen molar-refractivity contribution in [3.8, 4) is 5.75 Å². The Balaban J connectivity index is 1.75. The third-order valence-corrected chi connectivity index (χ3v) is 4.26. The molecule has 1 saturated heterocycles. The van der Waals surface area contributed by atoms with E-state index < -0.39 is 0 Å². The molecule has 2 atom stereocenters. The molecule has 0 spiro atoms. The summed E-state index contributed by atoms with van der Waals surface area (Å²) in [5.74, 6) is 1.83. The standard InChI is InChI=1S/C16H24N2O/c1-2-14-12-18(11-13-6-5-9-17-10-13)15-7-3-4-8-16(15)19-14/h3-4,7-8,13-14,17H,2,5-6,9-12H2,1H3. The van der Waals surface area contributed by atoms with Gasteiger partial charge in [0.1, 0.15) is 11.9 Å². The second-order valence-electron chi connectivity index (χ2n) is 5.73. The summed E-state index contributed by atoms with van der Waals surface area (Å²) in [7, 11) is 0. The monoisotopic (exact) mass is 260 g/mol. The van der Waals surface area contributed by atoms with Gasteiger partial charge < -0.3 is 15.0 Å². The first-order valence-electron chi connectivity index (χ1n) is 7.58. The highest BCUT2D eigenvalue weighted by Gasteiger charge is 2.26. The van der Waals surface area contributed by atoms with Crippen LogP contribution in [0, 0.1) is 5.92 Å². The van der Waals surface area contributed by atoms with Crippen molar-refractivity contribution < 1.29 is 4.74 Å². The summed E-state index contributed by atoms with van der Waals surface area (Å²) < 4.78 is 6.04. The molecule has 0 amide bonds. The van der Waals surface area contributed by atoms with Crippen LogP contribution in [0.1, 0.15) is 26.2 Å². The van der Waals surface area contributed by atoms with Gasteiger partial charge in [-0.15, -0.1) is 0 Å². The van der Waals surface area contributed by atoms with Gasteiger partial charge in [0, 0.05) is 6.54 Å². The minimum absolute atomic E-state index is 0.339. The van der Waals surface area contributed by atoms with Crippen LogP contribution in [0.5, 0.6) is 5.75 Å². The maximum Gasteiger partial charge on any atom is 0.143 e. The van der Waals surface area contributed by atoms with E-state index in [4.69, 9.17) is 4.74 Å². The first-order chi connectivity index (χ1) is 9.36. The lowest BCUT2D eigenvalue weighted by atomic mass is 9.98. The Morgan fingerprint density at radius 2 is 2.26 bits per heavy atom. The fraction of sp³-hybridized carbons (Fsp3) is 0.625. The van der Waals surface area contributed by atoms with E-state index >= 15 is 0 Å². The minimum atomic E-state index is 0.339. The largest absolute Gasteiger partial charge is 0.486 e. The number of fused-ring (bicyclic) bond motifs is 1. The summed E-state index contributed by atoms with van der Waals surface area (Å²) >= 11 is 0. The van der Waals surface area contributed by atoms with Crippen molar-refractivity contribution in [1.82, 2.24) is 5.32 Å². The van der Waals surface area contributed by atoms with Crippen molar-refractivity contribution in [3.05, 3.63) is 24.3 Å². The number of anilines is 1. The lowest BCUT2D eigenvalue weighted by Gasteiger charge is -2.38. The number of para-hydroxylation sites is 2. The molecule has 3 heteroatoms. The van der Waals surface area contributed by atoms with Crippen molar-refractivity contribution in [2.45, 2.75) is 32.3 Å². The van der Waals surface area contributed by atoms with E-state index in [1.165, 1.54) is 25.1 Å². The maximum absolute atomic E-state index is 6.04. The quantitative estimate of drug-likeness (QED) is 0.904. The van der Waals surface area contributed by atoms with Gasteiger partial charge in [0.2, 0.25) is 0 Å². The van der Waals surface area contributed by atoms with Gasteiger partial charge in [0.15, 0.2) is 0 Å². The Morgan fingerprint density at radius 3 is 3.05 bits per heavy atom. The zero-order chi connectivity index (χ0) is 13.1. The summed E-state index contributed by atoms with van der Waals surface area (Å²) in [5.41, 5.74) is 1.28. The van der Waals surface area contributed by atoms with Crippen LogP contribution in [-0.2, 0) is 0 Å². The molecule has 0 saturated carbocycles. The van der Waals surface area contributed by atoms with E-state index in [1.54, 1.807) is 0 Å². The SMILES string of the molecule is CCC1CN(CC2CCCNC2)c2ccccc2O1. The van der Waals surface area contributed by atoms with Gasteiger partial charge in [-0.25, -0.2) is 0 Å². The molecular weight excluding hydrogens is 236 g/mol. The zero-order valence-corrected chi connectivity index (χ0v) is 11.8. The van der Waals surface area contributed by atoms with Crippen molar-refractivity contribution >= 4 is 5.69 Å². The number of ether oxygens (including phenoxy) is 1. The minimum Gasteiger partial charge on any atom is -0.486 e. The van der Waals surface area contributed by atoms with Gasteiger partial charge in [-0.2, -0.15) is 0 Å². The fourth-order valence-electron chi connectivity index (χ4n) is 3.16. The van der Waals surface area contributed by atoms with Crippen LogP contribution in [0.4, 0.5) is 5.69 Å². The number of benzene rings is 1. The first-order valence-corrected chi connectivity index (χ1v) is 7.58. The molecule has 0 bridgehead atoms. The van der Waals surface area contributed by atoms with E-state index in [2.05, 4.69) is 41.4 Å². The number of nitrogens with zero attached hydrogens (tertiary/aromatic N) is 1. The summed E-state index contributed by atoms with van der Waals surface area (Å²) in [6.07, 6.45) is 4.08. The van der Waals surface area contributed by atoms with Crippen LogP contribution in [0.2, 0.25) is 0 Å². The maximum atomic E-state index is 6.04. The van der Waals surface area contributed by atoms with Crippen molar-refractivity contribution in [2.75, 3.05) is 31.1 Å². The Hall–Kier alpha value is -1.22. The smallest absolute Gasteiger partial charge is 0.143 e. The molecule has 0 aromatic heterocycles. The number of hydrogen-bond donors (Lipinski definition) is 1. The molecule has 0 radical (unpaired) electrons. The van der Waals surface area contributed by atoms with Crippen LogP contribution < -0.4 is 15.0 Å². The molecule has 0 aliphatic carbocycles. The van der Waals surface area contributed by atoms with E-state index in [9.17, 15) is 0 Å². The molecule has 104 valence electrons. The normalized spacial score (nSPS) is 26.7. The summed E-state index contributed by atoms with van der Waals surface area (Å²) in [4.78, 5) is 2.53. The summed E-state index contributed by atoms with van der Waals surface area (Å²) in [6.45, 7) is 6.75. The molecule has 3 nitrogen and oxygen atoms in total. The number of piperidine rings is 1. The number of nitrogens with one attached hydrogen (secondary N) is 1. The van der Waals surface area contributed by atoms with Crippen molar-refractivity contribution in [1.29, 1.82) is 0 Å². The third kappa shape index (κ3) is 2.86. The van der Waals surface area contributed by atoms with Gasteiger partial charge in [-0.05, 0) is 50.4 Å². The van der Waals surface area contributed by atoms with Gasteiger partial charge in [0.05, 0.1) is 12.2 Å². The molecule has 2 heterocycles. The van der Waals surface area contributed by atoms with Crippen LogP contribution in [0.3, 0.4) is 0 Å². The van der Waals surface area contributed by atoms with Crippen LogP contribution in [-0.4, -0.2) is 32.3 Å². The molecular formula is C16H24N2O. The van der Waals surface area contributed by atoms with Gasteiger partial charge >= 0.3 is 0 Å². The van der Waals surface area contributed by atoms with E-state index in [0.29, 0.717) is 6.10 Å². The highest BCUT2D eigenvalue weighted by Crippen LogP contribution is 2.34. The average molecular weight is 260 g/mol. The molecule has 1 aromatic carbocycles. The van der Waals surface area contributed by atoms with Gasteiger partial charge in [-0.1, -0.05) is 19.1 Å². The Kier molecular flexibility index (Phi) is 3.92. The third-order valence-electron chi connectivity index (χ3n) is 4.26. The van der Waals surface area contributed by atoms with E-state index in [-0.39, 0.29) is 0 Å². The van der Waals surface area contributed by atoms with Crippen LogP contribution in [0.15, 0.2) is 24.3 Å². The van der Waals surface area contributed by atoms with E-state index in [0.717, 1.165) is 37.7 Å². The summed E-state index contributed by atoms with van der Waals surface area (Å²) in [5, 5.41) is 3.52. The topological polar surface area (TPSA) is 24.5 Å². The lowest BCUT2D eigenvalue weighted by Crippen LogP contribution is -2.44. The van der Waals surface area contributed by atoms with Crippen LogP contribution >= 0.6 is 0 Å². The molecule has 1 N–H and O–H groups in total. The van der Waals surface area contributed by atoms with Gasteiger partial charge in [0.25, 0.3) is 0 Å². The fourth-order valence-corrected chi connectivity index (χ4v) is 3.16. The van der Waals surface area contributed by atoms with E-state index in [1.807, 2.05) is 0 Å². The Bertz CT molecular complexity index is 415. The van der Waals surface area contributed by atoms with Crippen molar-refractivity contribution in [2.24, 2.45) is 5.92 Å². The van der Waals surface area contributed by atoms with Crippen molar-refractivity contribution in [3.63, 3.8) is 0 Å². The number of rotatable bonds is 3. The predicted octanol–water partition coefficient (Wildman–Crippen LogP) is 2.66. The molecule has 1 fully saturated rings. The second-order valence-corrected chi connectivity index (χ2v) is 5.73. The molecule has 1 aromatic rings. The lowest BCUT2D eigenvalue weighted by molar-refractivity contribution is 0.186. The van der Waals surface area contributed by atoms with Gasteiger partial charge in [-0.3, -0.25) is 0 Å². The molecule has 19 heavy (non-hydrogen) atoms. The number of hydrogen-bond acceptors (Lipinski definition) is 3. The molecule has 3 rings (SSSR count). The average Bonchev–Trinajstić information content (AvgIpc) is 2.48. The highest BCUT2D eigenvalue weighted by molar-refractivity contribution is 5.60. The Morgan fingerprint density at radius 1 is 1.37 bits per heavy atom. The molecule has 2 aliphatic heterocycles. The molecule has 2 unspecified atom stereocenters. The van der Waals surface area contributed by atoms with Crippen LogP contribution in [0.25, 0.3) is 0 Å². The highest BCUT2D eigenvalue weighted by atomic mass is 16.5. The summed E-state index contributed by atoms with van der Waals surface area (Å²) in [6, 6.07) is 8.47. The Labute approximate surface area is 115 Å².